The summed E-state index contributed by atoms with van der Waals surface area (Å²) in [5.41, 5.74) is 0. The Hall–Kier alpha value is 0.0399. The average Bonchev–Trinajstić information content (AvgIpc) is 3.00. The fraction of sp³-hybridized carbons (Fsp3) is 1.00. The Balaban J connectivity index is 1.91. The van der Waals surface area contributed by atoms with Gasteiger partial charge in [-0.1, -0.05) is 0 Å². The van der Waals surface area contributed by atoms with Gasteiger partial charge >= 0.3 is 7.82 Å². The van der Waals surface area contributed by atoms with Crippen molar-refractivity contribution in [3.8, 4) is 0 Å². The molecule has 0 amide bonds. The van der Waals surface area contributed by atoms with Gasteiger partial charge in [0, 0.05) is 26.2 Å². The third-order valence-corrected chi connectivity index (χ3v) is 4.88. The molecule has 2 aliphatic rings. The fourth-order valence-corrected chi connectivity index (χ4v) is 3.65. The van der Waals surface area contributed by atoms with Crippen LogP contribution in [-0.2, 0) is 32.6 Å². The largest absolute Gasteiger partial charge is 0.472 e. The van der Waals surface area contributed by atoms with Gasteiger partial charge in [-0.3, -0.25) is 9.05 Å². The Morgan fingerprint density at radius 3 is 2.54 bits per heavy atom. The minimum Gasteiger partial charge on any atom is -0.388 e. The first-order valence-electron chi connectivity index (χ1n) is 7.45. The maximum Gasteiger partial charge on any atom is 0.472 e. The summed E-state index contributed by atoms with van der Waals surface area (Å²) in [5.74, 6) is 0. The van der Waals surface area contributed by atoms with E-state index in [9.17, 15) is 14.6 Å². The molecule has 2 heterocycles. The Bertz CT molecular complexity index is 456. The first-order chi connectivity index (χ1) is 11.3. The molecule has 0 aliphatic carbocycles. The van der Waals surface area contributed by atoms with Crippen LogP contribution in [0.3, 0.4) is 0 Å². The van der Waals surface area contributed by atoms with Crippen molar-refractivity contribution in [2.75, 3.05) is 27.4 Å². The van der Waals surface area contributed by atoms with E-state index in [1.54, 1.807) is 0 Å². The molecule has 0 bridgehead atoms. The van der Waals surface area contributed by atoms with Gasteiger partial charge in [0.1, 0.15) is 40.1 Å². The monoisotopic (exact) mass is 362 g/mol. The van der Waals surface area contributed by atoms with Crippen LogP contribution in [0.25, 0.3) is 0 Å². The van der Waals surface area contributed by atoms with Gasteiger partial charge in [0.25, 0.3) is 0 Å². The number of phosphoric acid groups is 1. The molecule has 2 N–H and O–H groups in total. The van der Waals surface area contributed by atoms with Crippen LogP contribution in [0.2, 0.25) is 0 Å². The maximum atomic E-state index is 12.1. The number of hydrogen-bond acceptors (Lipinski definition) is 8. The van der Waals surface area contributed by atoms with Crippen LogP contribution < -0.4 is 0 Å². The molecule has 2 saturated heterocycles. The summed E-state index contributed by atoms with van der Waals surface area (Å²) in [6, 6.07) is -1.58. The van der Waals surface area contributed by atoms with Crippen LogP contribution in [0.15, 0.2) is 0 Å². The third-order valence-electron chi connectivity index (χ3n) is 3.89. The molecule has 24 heavy (non-hydrogen) atoms. The minimum absolute atomic E-state index is 0.0295. The lowest BCUT2D eigenvalue weighted by molar-refractivity contribution is -0.0413. The highest BCUT2D eigenvalue weighted by molar-refractivity contribution is 7.47. The van der Waals surface area contributed by atoms with Gasteiger partial charge < -0.3 is 28.9 Å². The second-order valence-corrected chi connectivity index (χ2v) is 7.05. The predicted molar refractivity (Wildman–Crippen MR) is 82.8 cm³/mol. The van der Waals surface area contributed by atoms with E-state index in [4.69, 9.17) is 43.7 Å². The quantitative estimate of drug-likeness (QED) is 0.401. The lowest BCUT2D eigenvalue weighted by Crippen LogP contribution is -2.37. The molecule has 0 saturated carbocycles. The fourth-order valence-electron chi connectivity index (χ4n) is 2.69. The van der Waals surface area contributed by atoms with Crippen molar-refractivity contribution >= 4 is 23.5 Å². The van der Waals surface area contributed by atoms with Crippen molar-refractivity contribution in [1.82, 2.24) is 0 Å². The summed E-state index contributed by atoms with van der Waals surface area (Å²) in [7, 11) is 9.61. The van der Waals surface area contributed by atoms with Crippen molar-refractivity contribution in [2.24, 2.45) is 0 Å². The van der Waals surface area contributed by atoms with Crippen molar-refractivity contribution in [1.29, 1.82) is 0 Å². The van der Waals surface area contributed by atoms with E-state index >= 15 is 0 Å². The van der Waals surface area contributed by atoms with Crippen molar-refractivity contribution in [2.45, 2.75) is 48.9 Å². The molecule has 9 nitrogen and oxygen atoms in total. The van der Waals surface area contributed by atoms with E-state index in [1.807, 2.05) is 0 Å². The molecule has 12 heteroatoms. The van der Waals surface area contributed by atoms with Gasteiger partial charge in [0.05, 0.1) is 19.3 Å². The lowest BCUT2D eigenvalue weighted by atomic mass is 9.93. The van der Waals surface area contributed by atoms with E-state index in [1.165, 1.54) is 14.2 Å². The molecular weight excluding hydrogens is 341 g/mol. The van der Waals surface area contributed by atoms with Gasteiger partial charge in [0.2, 0.25) is 0 Å². The van der Waals surface area contributed by atoms with Crippen molar-refractivity contribution < 1.29 is 42.6 Å². The number of phosphoric ester groups is 1. The molecule has 0 aromatic carbocycles. The average molecular weight is 362 g/mol. The zero-order chi connectivity index (χ0) is 17.9. The topological polar surface area (TPSA) is 113 Å². The molecular formula is C12H21B2O9P. The van der Waals surface area contributed by atoms with E-state index in [2.05, 4.69) is 0 Å². The molecule has 0 aromatic rings. The second kappa shape index (κ2) is 8.62. The summed E-state index contributed by atoms with van der Waals surface area (Å²) in [6.45, 7) is -0.230. The van der Waals surface area contributed by atoms with E-state index in [-0.39, 0.29) is 19.3 Å². The van der Waals surface area contributed by atoms with Crippen LogP contribution >= 0.6 is 7.82 Å². The smallest absolute Gasteiger partial charge is 0.388 e. The number of methoxy groups -OCH3 is 2. The lowest BCUT2D eigenvalue weighted by Gasteiger charge is -2.24. The van der Waals surface area contributed by atoms with Crippen LogP contribution in [0.5, 0.6) is 0 Å². The number of hydrogen-bond donors (Lipinski definition) is 2. The van der Waals surface area contributed by atoms with E-state index in [0.29, 0.717) is 6.42 Å². The van der Waals surface area contributed by atoms with Gasteiger partial charge in [-0.2, -0.15) is 0 Å². The summed E-state index contributed by atoms with van der Waals surface area (Å²) in [6.07, 6.45) is -3.77. The summed E-state index contributed by atoms with van der Waals surface area (Å²) in [5, 5.41) is 9.93. The zero-order valence-electron chi connectivity index (χ0n) is 13.5. The Labute approximate surface area is 143 Å². The molecule has 0 aromatic heterocycles. The van der Waals surface area contributed by atoms with E-state index in [0.717, 1.165) is 0 Å². The number of ether oxygens (including phenoxy) is 4. The van der Waals surface area contributed by atoms with Gasteiger partial charge in [0.15, 0.2) is 0 Å². The molecule has 8 unspecified atom stereocenters. The molecule has 4 radical (unpaired) electrons. The zero-order valence-corrected chi connectivity index (χ0v) is 14.4. The minimum atomic E-state index is -4.50. The van der Waals surface area contributed by atoms with Gasteiger partial charge in [-0.05, 0) is 6.42 Å². The van der Waals surface area contributed by atoms with Crippen LogP contribution in [-0.4, -0.2) is 95.7 Å². The number of aliphatic hydroxyl groups is 1. The molecule has 2 fully saturated rings. The van der Waals surface area contributed by atoms with Crippen LogP contribution in [0.1, 0.15) is 6.42 Å². The van der Waals surface area contributed by atoms with Crippen molar-refractivity contribution in [3.63, 3.8) is 0 Å². The van der Waals surface area contributed by atoms with Gasteiger partial charge in [-0.25, -0.2) is 4.57 Å². The third kappa shape index (κ3) is 5.03. The number of rotatable bonds is 8. The maximum absolute atomic E-state index is 12.1. The molecule has 134 valence electrons. The standard InChI is InChI=1S/C12H21B2O9P/c1-18-4-8-11(10(15)12(14)22-8)23-24(16,17)20-5-7-6(19-2)3-9(13)21-7/h6-12,15H,3-5H2,1-2H3,(H,16,17). The Morgan fingerprint density at radius 1 is 1.21 bits per heavy atom. The van der Waals surface area contributed by atoms with E-state index < -0.39 is 44.2 Å². The highest BCUT2D eigenvalue weighted by Gasteiger charge is 2.46. The SMILES string of the molecule is [B]C1CC(OC)C(COP(=O)(O)OC2C(COC)OC([B])C2O)O1. The Morgan fingerprint density at radius 2 is 1.92 bits per heavy atom. The highest BCUT2D eigenvalue weighted by Crippen LogP contribution is 2.47. The summed E-state index contributed by atoms with van der Waals surface area (Å²) in [4.78, 5) is 9.89. The second-order valence-electron chi connectivity index (χ2n) is 5.64. The first-order valence-corrected chi connectivity index (χ1v) is 8.94. The number of aliphatic hydroxyl groups excluding tert-OH is 1. The summed E-state index contributed by atoms with van der Waals surface area (Å²) >= 11 is 0. The molecule has 2 aliphatic heterocycles. The first kappa shape index (κ1) is 20.4. The molecule has 8 atom stereocenters. The predicted octanol–water partition coefficient (Wildman–Crippen LogP) is -1.31. The van der Waals surface area contributed by atoms with Crippen LogP contribution in [0, 0.1) is 0 Å². The summed E-state index contributed by atoms with van der Waals surface area (Å²) < 4.78 is 42.8. The van der Waals surface area contributed by atoms with Gasteiger partial charge in [-0.15, -0.1) is 0 Å². The molecule has 2 rings (SSSR count). The van der Waals surface area contributed by atoms with Crippen molar-refractivity contribution in [3.05, 3.63) is 0 Å². The highest BCUT2D eigenvalue weighted by atomic mass is 31.2. The van der Waals surface area contributed by atoms with Crippen LogP contribution in [0.4, 0.5) is 0 Å². The Kier molecular flexibility index (Phi) is 7.31. The molecule has 0 spiro atoms. The normalized spacial score (nSPS) is 42.2.